The van der Waals surface area contributed by atoms with E-state index in [2.05, 4.69) is 37.1 Å². The van der Waals surface area contributed by atoms with Crippen LogP contribution in [0.15, 0.2) is 65.6 Å². The molecule has 0 aliphatic carbocycles. The van der Waals surface area contributed by atoms with E-state index in [4.69, 9.17) is 5.26 Å². The van der Waals surface area contributed by atoms with Crippen molar-refractivity contribution in [3.63, 3.8) is 0 Å². The molecule has 0 spiro atoms. The van der Waals surface area contributed by atoms with Crippen LogP contribution in [0.1, 0.15) is 42.3 Å². The van der Waals surface area contributed by atoms with Crippen molar-refractivity contribution in [2.45, 2.75) is 26.2 Å². The molecule has 5 nitrogen and oxygen atoms in total. The Morgan fingerprint density at radius 2 is 1.64 bits per heavy atom. The summed E-state index contributed by atoms with van der Waals surface area (Å²) in [4.78, 5) is 27.3. The van der Waals surface area contributed by atoms with Gasteiger partial charge >= 0.3 is 0 Å². The van der Waals surface area contributed by atoms with Gasteiger partial charge in [-0.15, -0.1) is 0 Å². The normalized spacial score (nSPS) is 10.9. The first-order valence-electron chi connectivity index (χ1n) is 8.93. The molecule has 0 fully saturated rings. The molecule has 0 aliphatic rings. The monoisotopic (exact) mass is 371 g/mol. The molecule has 0 bridgehead atoms. The number of hydrogen-bond acceptors (Lipinski definition) is 3. The Labute approximate surface area is 163 Å². The fourth-order valence-electron chi connectivity index (χ4n) is 2.80. The van der Waals surface area contributed by atoms with Gasteiger partial charge in [0.05, 0.1) is 11.6 Å². The van der Waals surface area contributed by atoms with Gasteiger partial charge in [-0.3, -0.25) is 9.59 Å². The third-order valence-electron chi connectivity index (χ3n) is 4.51. The number of amides is 1. The Balaban J connectivity index is 1.84. The summed E-state index contributed by atoms with van der Waals surface area (Å²) in [6.07, 6.45) is 1.58. The summed E-state index contributed by atoms with van der Waals surface area (Å²) in [5.41, 5.74) is 3.54. The fraction of sp³-hybridized carbons (Fsp3) is 0.174. The van der Waals surface area contributed by atoms with E-state index < -0.39 is 0 Å². The maximum Gasteiger partial charge on any atom is 0.271 e. The Kier molecular flexibility index (Phi) is 5.14. The number of pyridine rings is 1. The van der Waals surface area contributed by atoms with Crippen LogP contribution in [0.2, 0.25) is 0 Å². The number of benzene rings is 2. The molecule has 1 aromatic heterocycles. The van der Waals surface area contributed by atoms with E-state index in [0.29, 0.717) is 11.1 Å². The van der Waals surface area contributed by atoms with E-state index in [0.717, 1.165) is 16.7 Å². The highest BCUT2D eigenvalue weighted by atomic mass is 16.2. The van der Waals surface area contributed by atoms with Crippen LogP contribution in [-0.4, -0.2) is 10.9 Å². The summed E-state index contributed by atoms with van der Waals surface area (Å²) >= 11 is 0. The molecular weight excluding hydrogens is 350 g/mol. The Morgan fingerprint density at radius 3 is 2.21 bits per heavy atom. The number of rotatable bonds is 3. The Morgan fingerprint density at radius 1 is 1.00 bits per heavy atom. The van der Waals surface area contributed by atoms with Crippen LogP contribution in [-0.2, 0) is 5.41 Å². The minimum atomic E-state index is -0.378. The van der Waals surface area contributed by atoms with Gasteiger partial charge in [0, 0.05) is 17.3 Å². The van der Waals surface area contributed by atoms with Crippen LogP contribution in [0.25, 0.3) is 11.1 Å². The van der Waals surface area contributed by atoms with Crippen molar-refractivity contribution < 1.29 is 4.79 Å². The number of nitriles is 1. The molecule has 2 N–H and O–H groups in total. The molecule has 0 saturated heterocycles. The highest BCUT2D eigenvalue weighted by Gasteiger charge is 2.15. The summed E-state index contributed by atoms with van der Waals surface area (Å²) in [5.74, 6) is -0.345. The van der Waals surface area contributed by atoms with Gasteiger partial charge in [-0.25, -0.2) is 0 Å². The van der Waals surface area contributed by atoms with E-state index >= 15 is 0 Å². The molecule has 0 radical (unpaired) electrons. The molecule has 0 saturated carbocycles. The van der Waals surface area contributed by atoms with Gasteiger partial charge in [-0.1, -0.05) is 45.0 Å². The van der Waals surface area contributed by atoms with Crippen LogP contribution >= 0.6 is 0 Å². The Bertz CT molecular complexity index is 1100. The van der Waals surface area contributed by atoms with E-state index in [1.165, 1.54) is 0 Å². The molecule has 2 aromatic carbocycles. The Hall–Kier alpha value is -3.65. The highest BCUT2D eigenvalue weighted by molar-refractivity contribution is 6.04. The minimum absolute atomic E-state index is 0.00157. The van der Waals surface area contributed by atoms with E-state index in [9.17, 15) is 9.59 Å². The van der Waals surface area contributed by atoms with Gasteiger partial charge < -0.3 is 10.3 Å². The van der Waals surface area contributed by atoms with Gasteiger partial charge in [0.2, 0.25) is 0 Å². The predicted molar refractivity (Wildman–Crippen MR) is 110 cm³/mol. The summed E-state index contributed by atoms with van der Waals surface area (Å²) in [7, 11) is 0. The molecular formula is C23H21N3O2. The zero-order valence-electron chi connectivity index (χ0n) is 16.0. The summed E-state index contributed by atoms with van der Waals surface area (Å²) in [6, 6.07) is 18.1. The number of nitrogens with zero attached hydrogens (tertiary/aromatic N) is 1. The average Bonchev–Trinajstić information content (AvgIpc) is 2.69. The van der Waals surface area contributed by atoms with Crippen molar-refractivity contribution in [2.75, 3.05) is 5.32 Å². The predicted octanol–water partition coefficient (Wildman–Crippen LogP) is 4.46. The molecule has 3 rings (SSSR count). The molecule has 1 amide bonds. The lowest BCUT2D eigenvalue weighted by atomic mass is 9.87. The number of anilines is 1. The first kappa shape index (κ1) is 19.1. The van der Waals surface area contributed by atoms with E-state index in [1.807, 2.05) is 12.1 Å². The van der Waals surface area contributed by atoms with Crippen LogP contribution in [0.5, 0.6) is 0 Å². The number of hydrogen-bond donors (Lipinski definition) is 2. The minimum Gasteiger partial charge on any atom is -0.327 e. The van der Waals surface area contributed by atoms with Gasteiger partial charge in [-0.05, 0) is 46.9 Å². The summed E-state index contributed by atoms with van der Waals surface area (Å²) < 4.78 is 0. The fourth-order valence-corrected chi connectivity index (χ4v) is 2.80. The molecule has 0 atom stereocenters. The third kappa shape index (κ3) is 4.18. The standard InChI is InChI=1S/C23H21N3O2/c1-23(2,3)19-10-8-17(9-11-19)21(27)26-20-12-18(14-25-22(20)28)16-6-4-15(13-24)5-7-16/h4-12,14H,1-3H3,(H,25,28)(H,26,27). The molecule has 1 heterocycles. The highest BCUT2D eigenvalue weighted by Crippen LogP contribution is 2.23. The van der Waals surface area contributed by atoms with Gasteiger partial charge in [-0.2, -0.15) is 5.26 Å². The number of nitrogens with one attached hydrogen (secondary N) is 2. The maximum absolute atomic E-state index is 12.6. The number of carbonyl (C=O) groups excluding carboxylic acids is 1. The second kappa shape index (κ2) is 7.53. The van der Waals surface area contributed by atoms with E-state index in [-0.39, 0.29) is 22.6 Å². The third-order valence-corrected chi connectivity index (χ3v) is 4.51. The van der Waals surface area contributed by atoms with Crippen molar-refractivity contribution in [3.05, 3.63) is 87.8 Å². The molecule has 0 aliphatic heterocycles. The molecule has 140 valence electrons. The van der Waals surface area contributed by atoms with Crippen LogP contribution in [0.4, 0.5) is 5.69 Å². The van der Waals surface area contributed by atoms with Crippen LogP contribution < -0.4 is 10.9 Å². The van der Waals surface area contributed by atoms with Crippen molar-refractivity contribution in [2.24, 2.45) is 0 Å². The van der Waals surface area contributed by atoms with Crippen LogP contribution in [0, 0.1) is 11.3 Å². The number of carbonyl (C=O) groups is 1. The van der Waals surface area contributed by atoms with Crippen molar-refractivity contribution in [1.29, 1.82) is 5.26 Å². The lowest BCUT2D eigenvalue weighted by molar-refractivity contribution is 0.102. The molecule has 5 heteroatoms. The number of H-pyrrole nitrogens is 1. The summed E-state index contributed by atoms with van der Waals surface area (Å²) in [5, 5.41) is 11.6. The largest absolute Gasteiger partial charge is 0.327 e. The van der Waals surface area contributed by atoms with Crippen LogP contribution in [0.3, 0.4) is 0 Å². The topological polar surface area (TPSA) is 85.8 Å². The smallest absolute Gasteiger partial charge is 0.271 e. The van der Waals surface area contributed by atoms with Gasteiger partial charge in [0.1, 0.15) is 5.69 Å². The second-order valence-electron chi connectivity index (χ2n) is 7.60. The lowest BCUT2D eigenvalue weighted by Gasteiger charge is -2.19. The number of aromatic nitrogens is 1. The zero-order chi connectivity index (χ0) is 20.3. The van der Waals surface area contributed by atoms with Gasteiger partial charge in [0.15, 0.2) is 0 Å². The number of aromatic amines is 1. The van der Waals surface area contributed by atoms with E-state index in [1.54, 1.807) is 48.7 Å². The second-order valence-corrected chi connectivity index (χ2v) is 7.60. The zero-order valence-corrected chi connectivity index (χ0v) is 16.0. The maximum atomic E-state index is 12.6. The first-order chi connectivity index (χ1) is 13.3. The first-order valence-corrected chi connectivity index (χ1v) is 8.93. The van der Waals surface area contributed by atoms with Gasteiger partial charge in [0.25, 0.3) is 11.5 Å². The molecule has 28 heavy (non-hydrogen) atoms. The van der Waals surface area contributed by atoms with Crippen molar-refractivity contribution in [3.8, 4) is 17.2 Å². The lowest BCUT2D eigenvalue weighted by Crippen LogP contribution is -2.20. The van der Waals surface area contributed by atoms with Crippen molar-refractivity contribution >= 4 is 11.6 Å². The summed E-state index contributed by atoms with van der Waals surface area (Å²) in [6.45, 7) is 6.32. The SMILES string of the molecule is CC(C)(C)c1ccc(C(=O)Nc2cc(-c3ccc(C#N)cc3)c[nH]c2=O)cc1. The average molecular weight is 371 g/mol. The molecule has 3 aromatic rings. The molecule has 0 unspecified atom stereocenters. The quantitative estimate of drug-likeness (QED) is 0.712. The van der Waals surface area contributed by atoms with Crippen molar-refractivity contribution in [1.82, 2.24) is 4.98 Å².